The molecular formula is C99H138N20O12S4. The van der Waals surface area contributed by atoms with Crippen LogP contribution in [0.3, 0.4) is 0 Å². The van der Waals surface area contributed by atoms with E-state index >= 15 is 0 Å². The van der Waals surface area contributed by atoms with Crippen LogP contribution in [-0.4, -0.2) is 284 Å². The topological polar surface area (TPSA) is 392 Å². The minimum Gasteiger partial charge on any atom is -0.389 e. The van der Waals surface area contributed by atoms with E-state index in [2.05, 4.69) is 170 Å². The molecule has 2 bridgehead atoms. The molecule has 730 valence electrons. The number of carbonyl (C=O) groups is 8. The van der Waals surface area contributed by atoms with Crippen LogP contribution < -0.4 is 26.6 Å². The number of pyridine rings is 4. The van der Waals surface area contributed by atoms with E-state index in [1.54, 1.807) is 62.3 Å². The number of aromatic nitrogens is 8. The number of hydrogen-bond donors (Lipinski definition) is 8. The van der Waals surface area contributed by atoms with Gasteiger partial charge < -0.3 is 80.9 Å². The molecule has 0 spiro atoms. The first kappa shape index (κ1) is 102. The Morgan fingerprint density at radius 1 is 0.415 bits per heavy atom. The predicted octanol–water partition coefficient (Wildman–Crippen LogP) is 15.7. The largest absolute Gasteiger partial charge is 0.389 e. The highest BCUT2D eigenvalue weighted by Gasteiger charge is 2.46. The molecule has 8 N–H and O–H groups in total. The summed E-state index contributed by atoms with van der Waals surface area (Å²) < 4.78 is 5.66. The molecule has 8 aromatic heterocycles. The number of nitrogens with zero attached hydrogens (tertiary/aromatic N) is 15. The molecule has 16 rings (SSSR count). The van der Waals surface area contributed by atoms with E-state index < -0.39 is 22.7 Å². The maximum Gasteiger partial charge on any atom is 0.283 e. The number of β-amino-alcohol motifs (C(OH)–C–C–N with tert-alkyl or cyclic N) is 2. The average Bonchev–Trinajstić information content (AvgIpc) is 1.63. The Balaban J connectivity index is 0.000000152. The molecule has 8 saturated heterocycles. The lowest BCUT2D eigenvalue weighted by molar-refractivity contribution is 0.0258. The molecular weight excluding hydrogens is 1790 g/mol. The number of morpholine rings is 1. The number of anilines is 4. The summed E-state index contributed by atoms with van der Waals surface area (Å²) in [6.45, 7) is 53.3. The smallest absolute Gasteiger partial charge is 0.283 e. The first-order valence-electron chi connectivity index (χ1n) is 47.3. The second kappa shape index (κ2) is 40.5. The van der Waals surface area contributed by atoms with E-state index in [-0.39, 0.29) is 140 Å². The summed E-state index contributed by atoms with van der Waals surface area (Å²) in [6, 6.07) is 8.57. The zero-order valence-electron chi connectivity index (χ0n) is 83.0. The van der Waals surface area contributed by atoms with Gasteiger partial charge >= 0.3 is 0 Å². The number of thiazole rings is 4. The number of amides is 8. The SMILES string of the molecule is Cc1cc(NC(C)(C)C)ncc1-c1sc(C(=O)N2CC3CC2CO3)nc1C(=O)N1CCC[C@@H]1C.Cc1cc(NC(C)(C)C)ncc1-c1sc(C(=O)N2CCC(C)(O)C2)nc1C(=O)N1CCC[C@@H]1C.Cc1cc(NC(C)(C)C)ncc1-c1sc(C(=O)N2CC[C@](C)(O)C2)nc1C(=O)N1CCC[C@@H]1C.Cc1cc(NC(C)(C)C)ncc1-c1sc(C(=O)NCC(C)(C)O)nc1C(=O)N1CCC[C@@H]1C. The Bertz CT molecular complexity index is 5570. The maximum atomic E-state index is 13.6. The molecule has 3 unspecified atom stereocenters. The van der Waals surface area contributed by atoms with Gasteiger partial charge in [-0.05, 0) is 283 Å². The third-order valence-corrected chi connectivity index (χ3v) is 29.4. The summed E-state index contributed by atoms with van der Waals surface area (Å²) in [4.78, 5) is 159. The standard InChI is InChI=1S/C25H33N5O3S.2C25H35N5O3S.C24H35N5O3S/c1-14-9-19(28-25(3,4)5)26-11-18(14)21-20(23(31)29-8-6-7-15(29)2)27-22(34-21)24(32)30-12-17-10-16(30)13-33-17;2*1-15-12-18(28-24(3,4)5)26-13-17(15)20-19(22(31)30-10-7-8-16(30)2)27-21(34-20)23(32)29-11-9-25(6,33)14-29;1-14-11-17(28-23(3,4)5)25-12-16(14)19-18(22(31)29-10-8-9-15(29)2)27-21(33-19)20(30)26-13-24(6,7)32/h9,11,15-17H,6-8,10,12-13H2,1-5H3,(H,26,28);2*12-13,16,33H,7-11,14H2,1-6H3,(H,26,28);11-12,15,32H,8-10,13H2,1-7H3,(H,25,28)(H,26,30)/t15-,16?,17?;16-,25?;16-,25-;15-/m0000/s1. The van der Waals surface area contributed by atoms with Crippen molar-refractivity contribution >= 4 is 116 Å². The van der Waals surface area contributed by atoms with Gasteiger partial charge in [-0.3, -0.25) is 38.4 Å². The Hall–Kier alpha value is -10.1. The number of rotatable bonds is 18. The van der Waals surface area contributed by atoms with E-state index in [0.29, 0.717) is 95.4 Å². The van der Waals surface area contributed by atoms with Gasteiger partial charge in [-0.25, -0.2) is 39.9 Å². The fourth-order valence-corrected chi connectivity index (χ4v) is 22.4. The van der Waals surface area contributed by atoms with E-state index in [4.69, 9.17) is 4.74 Å². The number of hydrogen-bond acceptors (Lipinski definition) is 28. The van der Waals surface area contributed by atoms with Crippen LogP contribution in [0.15, 0.2) is 49.1 Å². The van der Waals surface area contributed by atoms with Gasteiger partial charge in [0, 0.05) is 159 Å². The molecule has 0 saturated carbocycles. The van der Waals surface area contributed by atoms with Crippen LogP contribution >= 0.6 is 45.3 Å². The van der Waals surface area contributed by atoms with Crippen molar-refractivity contribution in [3.8, 4) is 41.8 Å². The van der Waals surface area contributed by atoms with Crippen LogP contribution in [0, 0.1) is 27.7 Å². The molecule has 32 nitrogen and oxygen atoms in total. The van der Waals surface area contributed by atoms with Crippen LogP contribution in [0.2, 0.25) is 0 Å². The average molecular weight is 1930 g/mol. The van der Waals surface area contributed by atoms with E-state index in [1.165, 1.54) is 45.3 Å². The zero-order chi connectivity index (χ0) is 98.4. The van der Waals surface area contributed by atoms with Crippen molar-refractivity contribution in [3.63, 3.8) is 0 Å². The third kappa shape index (κ3) is 25.1. The normalized spacial score (nSPS) is 21.8. The van der Waals surface area contributed by atoms with Crippen LogP contribution in [0.25, 0.3) is 41.8 Å². The molecule has 8 aromatic rings. The molecule has 0 aromatic carbocycles. The van der Waals surface area contributed by atoms with Crippen molar-refractivity contribution in [2.24, 2.45) is 0 Å². The van der Waals surface area contributed by atoms with Gasteiger partial charge in [0.05, 0.1) is 55.1 Å². The number of aryl methyl sites for hydroxylation is 4. The lowest BCUT2D eigenvalue weighted by Gasteiger charge is -2.25. The first-order chi connectivity index (χ1) is 63.0. The summed E-state index contributed by atoms with van der Waals surface area (Å²) in [7, 11) is 0. The highest BCUT2D eigenvalue weighted by atomic mass is 32.1. The number of likely N-dealkylation sites (tertiary alicyclic amines) is 7. The van der Waals surface area contributed by atoms with Gasteiger partial charge in [0.2, 0.25) is 0 Å². The fourth-order valence-electron chi connectivity index (χ4n) is 18.1. The van der Waals surface area contributed by atoms with Crippen molar-refractivity contribution in [1.29, 1.82) is 0 Å². The first-order valence-corrected chi connectivity index (χ1v) is 50.6. The van der Waals surface area contributed by atoms with Crippen molar-refractivity contribution in [2.45, 2.75) is 312 Å². The molecule has 8 aliphatic heterocycles. The molecule has 36 heteroatoms. The summed E-state index contributed by atoms with van der Waals surface area (Å²) in [5, 5.41) is 47.9. The van der Waals surface area contributed by atoms with Crippen molar-refractivity contribution in [3.05, 3.63) is 114 Å². The summed E-state index contributed by atoms with van der Waals surface area (Å²) in [6.07, 6.45) is 16.9. The summed E-state index contributed by atoms with van der Waals surface area (Å²) in [5.74, 6) is 1.51. The summed E-state index contributed by atoms with van der Waals surface area (Å²) in [5.41, 5.74) is 5.01. The van der Waals surface area contributed by atoms with E-state index in [9.17, 15) is 53.7 Å². The van der Waals surface area contributed by atoms with Crippen LogP contribution in [0.1, 0.15) is 313 Å². The zero-order valence-corrected chi connectivity index (χ0v) is 86.3. The Morgan fingerprint density at radius 3 is 0.926 bits per heavy atom. The lowest BCUT2D eigenvalue weighted by Crippen LogP contribution is -2.41. The molecule has 8 atom stereocenters. The maximum absolute atomic E-state index is 13.6. The Labute approximate surface area is 809 Å². The van der Waals surface area contributed by atoms with Crippen molar-refractivity contribution in [2.75, 3.05) is 93.3 Å². The Kier molecular flexibility index (Phi) is 30.7. The molecule has 135 heavy (non-hydrogen) atoms. The highest BCUT2D eigenvalue weighted by Crippen LogP contribution is 2.43. The third-order valence-electron chi connectivity index (χ3n) is 25.1. The second-order valence-corrected chi connectivity index (χ2v) is 47.0. The van der Waals surface area contributed by atoms with Crippen LogP contribution in [0.4, 0.5) is 23.3 Å². The number of carbonyl (C=O) groups excluding carboxylic acids is 8. The van der Waals surface area contributed by atoms with Crippen LogP contribution in [-0.2, 0) is 4.74 Å². The molecule has 8 aliphatic rings. The lowest BCUT2D eigenvalue weighted by atomic mass is 10.1. The van der Waals surface area contributed by atoms with Crippen LogP contribution in [0.5, 0.6) is 0 Å². The molecule has 0 aliphatic carbocycles. The van der Waals surface area contributed by atoms with Crippen molar-refractivity contribution in [1.82, 2.24) is 79.5 Å². The minimum atomic E-state index is -1.05. The van der Waals surface area contributed by atoms with Gasteiger partial charge in [0.1, 0.15) is 46.0 Å². The van der Waals surface area contributed by atoms with Gasteiger partial charge in [-0.15, -0.1) is 45.3 Å². The number of fused-ring (bicyclic) bond motifs is 2. The number of aliphatic hydroxyl groups is 3. The number of ether oxygens (including phenoxy) is 1. The summed E-state index contributed by atoms with van der Waals surface area (Å²) >= 11 is 4.96. The highest BCUT2D eigenvalue weighted by molar-refractivity contribution is 7.18. The molecule has 16 heterocycles. The Morgan fingerprint density at radius 2 is 0.696 bits per heavy atom. The fraction of sp³-hybridized carbons (Fsp3) is 0.596. The second-order valence-electron chi connectivity index (χ2n) is 43.0. The van der Waals surface area contributed by atoms with E-state index in [1.807, 2.05) is 83.4 Å². The molecule has 8 fully saturated rings. The van der Waals surface area contributed by atoms with Gasteiger partial charge in [-0.1, -0.05) is 0 Å². The molecule has 8 amide bonds. The van der Waals surface area contributed by atoms with Gasteiger partial charge in [-0.2, -0.15) is 0 Å². The minimum absolute atomic E-state index is 0.0843. The van der Waals surface area contributed by atoms with Gasteiger partial charge in [0.15, 0.2) is 20.0 Å². The number of nitrogens with one attached hydrogen (secondary N) is 5. The van der Waals surface area contributed by atoms with E-state index in [0.717, 1.165) is 137 Å². The quantitative estimate of drug-likeness (QED) is 0.0395. The van der Waals surface area contributed by atoms with Crippen molar-refractivity contribution < 1.29 is 58.4 Å². The van der Waals surface area contributed by atoms with Gasteiger partial charge in [0.25, 0.3) is 47.3 Å². The predicted molar refractivity (Wildman–Crippen MR) is 533 cm³/mol. The molecule has 0 radical (unpaired) electrons. The monoisotopic (exact) mass is 1930 g/mol.